The van der Waals surface area contributed by atoms with Gasteiger partial charge in [0.15, 0.2) is 0 Å². The van der Waals surface area contributed by atoms with Gasteiger partial charge in [-0.2, -0.15) is 0 Å². The molecule has 2 heterocycles. The number of hydrogen-bond acceptors (Lipinski definition) is 4. The minimum absolute atomic E-state index is 0.0304. The van der Waals surface area contributed by atoms with Crippen LogP contribution >= 0.6 is 0 Å². The highest BCUT2D eigenvalue weighted by Gasteiger charge is 2.20. The van der Waals surface area contributed by atoms with Gasteiger partial charge in [-0.05, 0) is 32.2 Å². The quantitative estimate of drug-likeness (QED) is 0.801. The standard InChI is InChI=1S/C15H17FN4O/c1-9-12-6-10(16)4-5-14(12)21-15(9)13(17-2)7-11-8-20(3)19-18-11/h4-6,8,13,17H,7H2,1-3H3. The zero-order valence-electron chi connectivity index (χ0n) is 12.2. The van der Waals surface area contributed by atoms with Crippen molar-refractivity contribution in [2.45, 2.75) is 19.4 Å². The molecule has 0 aliphatic carbocycles. The first-order valence-electron chi connectivity index (χ1n) is 6.79. The summed E-state index contributed by atoms with van der Waals surface area (Å²) in [4.78, 5) is 0. The summed E-state index contributed by atoms with van der Waals surface area (Å²) in [5, 5.41) is 12.1. The SMILES string of the molecule is CNC(Cc1cn(C)nn1)c1oc2ccc(F)cc2c1C. The predicted molar refractivity (Wildman–Crippen MR) is 77.4 cm³/mol. The molecule has 1 unspecified atom stereocenters. The Kier molecular flexibility index (Phi) is 3.47. The van der Waals surface area contributed by atoms with Crippen LogP contribution in [-0.4, -0.2) is 22.0 Å². The molecule has 3 aromatic rings. The summed E-state index contributed by atoms with van der Waals surface area (Å²) < 4.78 is 21.0. The summed E-state index contributed by atoms with van der Waals surface area (Å²) in [6.45, 7) is 1.95. The van der Waals surface area contributed by atoms with Crippen molar-refractivity contribution in [1.29, 1.82) is 0 Å². The number of hydrogen-bond donors (Lipinski definition) is 1. The second-order valence-electron chi connectivity index (χ2n) is 5.16. The second-order valence-corrected chi connectivity index (χ2v) is 5.16. The smallest absolute Gasteiger partial charge is 0.134 e. The Hall–Kier alpha value is -2.21. The Morgan fingerprint density at radius 3 is 2.90 bits per heavy atom. The van der Waals surface area contributed by atoms with Crippen LogP contribution in [-0.2, 0) is 13.5 Å². The highest BCUT2D eigenvalue weighted by atomic mass is 19.1. The number of likely N-dealkylation sites (N-methyl/N-ethyl adjacent to an activating group) is 1. The number of halogens is 1. The molecule has 0 amide bonds. The van der Waals surface area contributed by atoms with Gasteiger partial charge in [-0.15, -0.1) is 5.10 Å². The van der Waals surface area contributed by atoms with Gasteiger partial charge in [0, 0.05) is 30.6 Å². The van der Waals surface area contributed by atoms with Crippen LogP contribution in [0.1, 0.15) is 23.1 Å². The van der Waals surface area contributed by atoms with Gasteiger partial charge in [-0.3, -0.25) is 4.68 Å². The Bertz CT molecular complexity index is 777. The number of aryl methyl sites for hydroxylation is 2. The summed E-state index contributed by atoms with van der Waals surface area (Å²) in [5.74, 6) is 0.552. The molecule has 5 nitrogen and oxygen atoms in total. The lowest BCUT2D eigenvalue weighted by Gasteiger charge is -2.12. The van der Waals surface area contributed by atoms with E-state index in [-0.39, 0.29) is 11.9 Å². The summed E-state index contributed by atoms with van der Waals surface area (Å²) >= 11 is 0. The minimum atomic E-state index is -0.257. The van der Waals surface area contributed by atoms with Crippen molar-refractivity contribution in [3.8, 4) is 0 Å². The van der Waals surface area contributed by atoms with E-state index in [9.17, 15) is 4.39 Å². The van der Waals surface area contributed by atoms with Crippen molar-refractivity contribution in [1.82, 2.24) is 20.3 Å². The molecule has 110 valence electrons. The van der Waals surface area contributed by atoms with Gasteiger partial charge in [-0.1, -0.05) is 5.21 Å². The number of nitrogens with one attached hydrogen (secondary N) is 1. The highest BCUT2D eigenvalue weighted by molar-refractivity contribution is 5.82. The van der Waals surface area contributed by atoms with Crippen LogP contribution in [0.3, 0.4) is 0 Å². The molecule has 0 saturated carbocycles. The van der Waals surface area contributed by atoms with Crippen molar-refractivity contribution >= 4 is 11.0 Å². The van der Waals surface area contributed by atoms with Gasteiger partial charge in [0.05, 0.1) is 11.7 Å². The number of furan rings is 1. The Labute approximate surface area is 121 Å². The van der Waals surface area contributed by atoms with E-state index in [0.29, 0.717) is 12.0 Å². The van der Waals surface area contributed by atoms with Crippen LogP contribution < -0.4 is 5.32 Å². The fraction of sp³-hybridized carbons (Fsp3) is 0.333. The van der Waals surface area contributed by atoms with Crippen LogP contribution in [0.15, 0.2) is 28.8 Å². The molecule has 0 spiro atoms. The molecule has 1 atom stereocenters. The first kappa shape index (κ1) is 13.8. The van der Waals surface area contributed by atoms with Crippen molar-refractivity contribution in [2.24, 2.45) is 7.05 Å². The van der Waals surface area contributed by atoms with E-state index < -0.39 is 0 Å². The zero-order valence-corrected chi connectivity index (χ0v) is 12.2. The average molecular weight is 288 g/mol. The van der Waals surface area contributed by atoms with Gasteiger partial charge >= 0.3 is 0 Å². The van der Waals surface area contributed by atoms with Crippen molar-refractivity contribution in [3.05, 3.63) is 47.2 Å². The summed E-state index contributed by atoms with van der Waals surface area (Å²) in [5.41, 5.74) is 2.53. The zero-order chi connectivity index (χ0) is 15.0. The van der Waals surface area contributed by atoms with Gasteiger partial charge in [0.25, 0.3) is 0 Å². The molecule has 0 fully saturated rings. The molecular formula is C15H17FN4O. The maximum atomic E-state index is 13.4. The molecule has 0 aliphatic heterocycles. The van der Waals surface area contributed by atoms with Gasteiger partial charge in [0.2, 0.25) is 0 Å². The number of rotatable bonds is 4. The lowest BCUT2D eigenvalue weighted by Crippen LogP contribution is -2.19. The van der Waals surface area contributed by atoms with Crippen molar-refractivity contribution in [2.75, 3.05) is 7.05 Å². The Morgan fingerprint density at radius 1 is 1.43 bits per heavy atom. The molecule has 1 N–H and O–H groups in total. The molecular weight excluding hydrogens is 271 g/mol. The summed E-state index contributed by atoms with van der Waals surface area (Å²) in [6.07, 6.45) is 2.54. The van der Waals surface area contributed by atoms with Crippen molar-refractivity contribution < 1.29 is 8.81 Å². The third kappa shape index (κ3) is 2.54. The third-order valence-electron chi connectivity index (χ3n) is 3.66. The summed E-state index contributed by atoms with van der Waals surface area (Å²) in [7, 11) is 3.70. The second kappa shape index (κ2) is 5.29. The molecule has 1 aromatic carbocycles. The largest absolute Gasteiger partial charge is 0.459 e. The highest BCUT2D eigenvalue weighted by Crippen LogP contribution is 2.31. The van der Waals surface area contributed by atoms with E-state index in [1.165, 1.54) is 12.1 Å². The lowest BCUT2D eigenvalue weighted by molar-refractivity contribution is 0.444. The van der Waals surface area contributed by atoms with E-state index in [1.807, 2.05) is 27.2 Å². The predicted octanol–water partition coefficient (Wildman–Crippen LogP) is 2.51. The molecule has 3 rings (SSSR count). The van der Waals surface area contributed by atoms with Crippen LogP contribution in [0.5, 0.6) is 0 Å². The number of benzene rings is 1. The molecule has 21 heavy (non-hydrogen) atoms. The molecule has 6 heteroatoms. The Morgan fingerprint density at radius 2 is 2.24 bits per heavy atom. The maximum Gasteiger partial charge on any atom is 0.134 e. The molecule has 2 aromatic heterocycles. The van der Waals surface area contributed by atoms with Crippen LogP contribution in [0.2, 0.25) is 0 Å². The van der Waals surface area contributed by atoms with E-state index in [1.54, 1.807) is 10.7 Å². The van der Waals surface area contributed by atoms with Crippen LogP contribution in [0, 0.1) is 12.7 Å². The van der Waals surface area contributed by atoms with Crippen molar-refractivity contribution in [3.63, 3.8) is 0 Å². The normalized spacial score (nSPS) is 13.0. The number of fused-ring (bicyclic) bond motifs is 1. The average Bonchev–Trinajstić information content (AvgIpc) is 3.01. The topological polar surface area (TPSA) is 55.9 Å². The number of nitrogens with zero attached hydrogens (tertiary/aromatic N) is 3. The first-order chi connectivity index (χ1) is 10.1. The monoisotopic (exact) mass is 288 g/mol. The first-order valence-corrected chi connectivity index (χ1v) is 6.79. The fourth-order valence-electron chi connectivity index (χ4n) is 2.57. The van der Waals surface area contributed by atoms with Gasteiger partial charge in [0.1, 0.15) is 17.2 Å². The van der Waals surface area contributed by atoms with Crippen LogP contribution in [0.4, 0.5) is 4.39 Å². The fourth-order valence-corrected chi connectivity index (χ4v) is 2.57. The summed E-state index contributed by atoms with van der Waals surface area (Å²) in [6, 6.07) is 4.55. The van der Waals surface area contributed by atoms with E-state index in [4.69, 9.17) is 4.42 Å². The molecule has 0 bridgehead atoms. The third-order valence-corrected chi connectivity index (χ3v) is 3.66. The van der Waals surface area contributed by atoms with E-state index >= 15 is 0 Å². The van der Waals surface area contributed by atoms with E-state index in [0.717, 1.165) is 22.4 Å². The van der Waals surface area contributed by atoms with Gasteiger partial charge < -0.3 is 9.73 Å². The van der Waals surface area contributed by atoms with Gasteiger partial charge in [-0.25, -0.2) is 4.39 Å². The minimum Gasteiger partial charge on any atom is -0.459 e. The van der Waals surface area contributed by atoms with E-state index in [2.05, 4.69) is 15.6 Å². The lowest BCUT2D eigenvalue weighted by atomic mass is 10.0. The van der Waals surface area contributed by atoms with Crippen LogP contribution in [0.25, 0.3) is 11.0 Å². The Balaban J connectivity index is 1.98. The molecule has 0 saturated heterocycles. The maximum absolute atomic E-state index is 13.4. The molecule has 0 radical (unpaired) electrons. The molecule has 0 aliphatic rings. The number of aromatic nitrogens is 3.